The monoisotopic (exact) mass is 257 g/mol. The number of hydrogen-bond donors (Lipinski definition) is 0. The van der Waals surface area contributed by atoms with Crippen LogP contribution in [0.1, 0.15) is 30.7 Å². The van der Waals surface area contributed by atoms with Gasteiger partial charge in [-0.1, -0.05) is 17.7 Å². The highest BCUT2D eigenvalue weighted by atomic mass is 35.5. The Bertz CT molecular complexity index is 404. The van der Waals surface area contributed by atoms with Gasteiger partial charge in [0.05, 0.1) is 0 Å². The summed E-state index contributed by atoms with van der Waals surface area (Å²) < 4.78 is 0. The first-order chi connectivity index (χ1) is 7.25. The summed E-state index contributed by atoms with van der Waals surface area (Å²) >= 11 is 5.75. The number of hydrogen-bond acceptors (Lipinski definition) is 2. The molecule has 0 N–H and O–H groups in total. The van der Waals surface area contributed by atoms with Crippen molar-refractivity contribution in [2.24, 2.45) is 11.8 Å². The smallest absolute Gasteiger partial charge is 0.139 e. The minimum Gasteiger partial charge on any atom is -0.299 e. The number of ketones is 1. The molecular formula is C12H13Cl2NO. The van der Waals surface area contributed by atoms with Crippen LogP contribution in [0.25, 0.3) is 0 Å². The Morgan fingerprint density at radius 2 is 2.06 bits per heavy atom. The van der Waals surface area contributed by atoms with Crippen LogP contribution in [-0.2, 0) is 4.79 Å². The highest BCUT2D eigenvalue weighted by Gasteiger charge is 2.47. The van der Waals surface area contributed by atoms with Crippen molar-refractivity contribution in [3.8, 4) is 0 Å². The van der Waals surface area contributed by atoms with Crippen LogP contribution in [-0.4, -0.2) is 10.8 Å². The number of rotatable bonds is 1. The quantitative estimate of drug-likeness (QED) is 0.724. The van der Waals surface area contributed by atoms with Crippen LogP contribution in [0.5, 0.6) is 0 Å². The summed E-state index contributed by atoms with van der Waals surface area (Å²) in [6, 6.07) is 3.82. The van der Waals surface area contributed by atoms with E-state index in [0.717, 1.165) is 19.3 Å². The van der Waals surface area contributed by atoms with Crippen LogP contribution in [0.4, 0.5) is 0 Å². The van der Waals surface area contributed by atoms with Crippen LogP contribution in [0, 0.1) is 11.8 Å². The number of nitrogens with zero attached hydrogens (tertiary/aromatic N) is 1. The lowest BCUT2D eigenvalue weighted by Crippen LogP contribution is -2.10. The first kappa shape index (κ1) is 11.9. The third kappa shape index (κ3) is 1.74. The van der Waals surface area contributed by atoms with E-state index in [0.29, 0.717) is 22.8 Å². The minimum absolute atomic E-state index is 0. The molecule has 86 valence electrons. The summed E-state index contributed by atoms with van der Waals surface area (Å²) in [7, 11) is 0. The zero-order chi connectivity index (χ0) is 10.4. The summed E-state index contributed by atoms with van der Waals surface area (Å²) in [5.74, 6) is 1.48. The number of halogens is 2. The van der Waals surface area contributed by atoms with Crippen molar-refractivity contribution < 1.29 is 4.79 Å². The molecule has 1 heterocycles. The van der Waals surface area contributed by atoms with Gasteiger partial charge in [-0.25, -0.2) is 4.98 Å². The van der Waals surface area contributed by atoms with Crippen molar-refractivity contribution in [2.75, 3.05) is 0 Å². The molecule has 0 aliphatic heterocycles. The molecule has 16 heavy (non-hydrogen) atoms. The summed E-state index contributed by atoms with van der Waals surface area (Å²) in [4.78, 5) is 15.9. The molecule has 0 saturated heterocycles. The third-order valence-electron chi connectivity index (χ3n) is 3.80. The van der Waals surface area contributed by atoms with Gasteiger partial charge in [-0.2, -0.15) is 0 Å². The van der Waals surface area contributed by atoms with E-state index in [1.54, 1.807) is 0 Å². The minimum atomic E-state index is 0. The van der Waals surface area contributed by atoms with Crippen LogP contribution in [0.3, 0.4) is 0 Å². The Labute approximate surface area is 106 Å². The van der Waals surface area contributed by atoms with E-state index in [9.17, 15) is 4.79 Å². The summed E-state index contributed by atoms with van der Waals surface area (Å²) in [6.07, 6.45) is 5.01. The topological polar surface area (TPSA) is 30.0 Å². The second-order valence-corrected chi connectivity index (χ2v) is 4.93. The van der Waals surface area contributed by atoms with Crippen molar-refractivity contribution in [3.05, 3.63) is 29.0 Å². The zero-order valence-electron chi connectivity index (χ0n) is 8.73. The maximum absolute atomic E-state index is 11.8. The summed E-state index contributed by atoms with van der Waals surface area (Å²) in [5, 5.41) is 0.522. The van der Waals surface area contributed by atoms with E-state index in [1.807, 2.05) is 18.3 Å². The second-order valence-electron chi connectivity index (χ2n) is 4.54. The molecule has 2 bridgehead atoms. The van der Waals surface area contributed by atoms with Gasteiger partial charge >= 0.3 is 0 Å². The van der Waals surface area contributed by atoms with Crippen molar-refractivity contribution in [2.45, 2.75) is 25.2 Å². The average molecular weight is 258 g/mol. The van der Waals surface area contributed by atoms with Crippen molar-refractivity contribution >= 4 is 29.8 Å². The van der Waals surface area contributed by atoms with Crippen LogP contribution >= 0.6 is 24.0 Å². The van der Waals surface area contributed by atoms with Gasteiger partial charge in [-0.15, -0.1) is 12.4 Å². The van der Waals surface area contributed by atoms with Gasteiger partial charge in [-0.3, -0.25) is 4.79 Å². The lowest BCUT2D eigenvalue weighted by Gasteiger charge is -2.19. The molecule has 2 aliphatic carbocycles. The molecule has 2 aliphatic rings. The first-order valence-electron chi connectivity index (χ1n) is 5.41. The number of fused-ring (bicyclic) bond motifs is 2. The molecule has 4 heteroatoms. The fourth-order valence-corrected chi connectivity index (χ4v) is 3.16. The van der Waals surface area contributed by atoms with E-state index in [2.05, 4.69) is 4.98 Å². The number of pyridine rings is 1. The highest BCUT2D eigenvalue weighted by molar-refractivity contribution is 6.29. The Hall–Kier alpha value is -0.600. The van der Waals surface area contributed by atoms with E-state index >= 15 is 0 Å². The number of carbonyl (C=O) groups is 1. The molecule has 2 fully saturated rings. The molecular weight excluding hydrogens is 245 g/mol. The van der Waals surface area contributed by atoms with E-state index in [4.69, 9.17) is 11.6 Å². The Kier molecular flexibility index (Phi) is 3.22. The van der Waals surface area contributed by atoms with Gasteiger partial charge in [0.25, 0.3) is 0 Å². The van der Waals surface area contributed by atoms with E-state index in [-0.39, 0.29) is 18.3 Å². The summed E-state index contributed by atoms with van der Waals surface area (Å²) in [5.41, 5.74) is 1.18. The molecule has 0 spiro atoms. The normalized spacial score (nSPS) is 31.6. The van der Waals surface area contributed by atoms with E-state index < -0.39 is 0 Å². The predicted octanol–water partition coefficient (Wildman–Crippen LogP) is 3.24. The Morgan fingerprint density at radius 3 is 2.56 bits per heavy atom. The summed E-state index contributed by atoms with van der Waals surface area (Å²) in [6.45, 7) is 0. The standard InChI is InChI=1S/C12H12ClNO.ClH/c13-11-4-2-8(6-14-11)10-5-7-1-3-9(10)12(7)15;/h2,4,6-7,9-10H,1,3,5H2;1H/t7-,9+,10+;/m0./s1. The van der Waals surface area contributed by atoms with Gasteiger partial charge in [0, 0.05) is 18.0 Å². The van der Waals surface area contributed by atoms with Crippen molar-refractivity contribution in [3.63, 3.8) is 0 Å². The number of carbonyl (C=O) groups excluding carboxylic acids is 1. The predicted molar refractivity (Wildman–Crippen MR) is 65.1 cm³/mol. The molecule has 0 unspecified atom stereocenters. The molecule has 2 nitrogen and oxygen atoms in total. The van der Waals surface area contributed by atoms with Crippen LogP contribution < -0.4 is 0 Å². The SMILES string of the molecule is Cl.O=C1[C@H]2CC[C@@H]1[C@@H](c1ccc(Cl)nc1)C2. The van der Waals surface area contributed by atoms with Gasteiger partial charge in [0.1, 0.15) is 10.9 Å². The van der Waals surface area contributed by atoms with E-state index in [1.165, 1.54) is 5.56 Å². The van der Waals surface area contributed by atoms with Gasteiger partial charge in [0.2, 0.25) is 0 Å². The maximum atomic E-state index is 11.8. The Balaban J connectivity index is 0.000000963. The lowest BCUT2D eigenvalue weighted by atomic mass is 9.84. The maximum Gasteiger partial charge on any atom is 0.139 e. The average Bonchev–Trinajstić information content (AvgIpc) is 2.75. The van der Waals surface area contributed by atoms with Crippen LogP contribution in [0.15, 0.2) is 18.3 Å². The van der Waals surface area contributed by atoms with Gasteiger partial charge in [0.15, 0.2) is 0 Å². The second kappa shape index (κ2) is 4.34. The molecule has 0 radical (unpaired) electrons. The van der Waals surface area contributed by atoms with Gasteiger partial charge < -0.3 is 0 Å². The fourth-order valence-electron chi connectivity index (χ4n) is 3.05. The Morgan fingerprint density at radius 1 is 1.25 bits per heavy atom. The van der Waals surface area contributed by atoms with Crippen molar-refractivity contribution in [1.82, 2.24) is 4.98 Å². The molecule has 1 aromatic heterocycles. The zero-order valence-corrected chi connectivity index (χ0v) is 10.3. The fraction of sp³-hybridized carbons (Fsp3) is 0.500. The first-order valence-corrected chi connectivity index (χ1v) is 5.78. The van der Waals surface area contributed by atoms with Crippen molar-refractivity contribution in [1.29, 1.82) is 0 Å². The molecule has 0 aromatic carbocycles. The molecule has 2 saturated carbocycles. The van der Waals surface area contributed by atoms with Crippen LogP contribution in [0.2, 0.25) is 5.15 Å². The molecule has 0 amide bonds. The molecule has 1 aromatic rings. The number of aromatic nitrogens is 1. The molecule has 3 atom stereocenters. The highest BCUT2D eigenvalue weighted by Crippen LogP contribution is 2.50. The third-order valence-corrected chi connectivity index (χ3v) is 4.02. The largest absolute Gasteiger partial charge is 0.299 e. The van der Waals surface area contributed by atoms with Gasteiger partial charge in [-0.05, 0) is 36.8 Å². The number of Topliss-reactive ketones (excluding diaryl/α,β-unsaturated/α-hetero) is 1. The lowest BCUT2D eigenvalue weighted by molar-refractivity contribution is -0.121. The molecule has 3 rings (SSSR count).